The molecule has 0 bridgehead atoms. The highest BCUT2D eigenvalue weighted by molar-refractivity contribution is 6.02. The number of nitrogens with zero attached hydrogens (tertiary/aromatic N) is 5. The molecule has 0 fully saturated rings. The summed E-state index contributed by atoms with van der Waals surface area (Å²) in [5.74, 6) is -0.277. The second-order valence-corrected chi connectivity index (χ2v) is 6.25. The van der Waals surface area contributed by atoms with Crippen molar-refractivity contribution in [1.82, 2.24) is 24.4 Å². The number of amides is 1. The number of anilines is 1. The van der Waals surface area contributed by atoms with Crippen molar-refractivity contribution >= 4 is 17.2 Å². The van der Waals surface area contributed by atoms with Crippen LogP contribution in [-0.4, -0.2) is 30.3 Å². The zero-order valence-corrected chi connectivity index (χ0v) is 13.0. The van der Waals surface area contributed by atoms with Gasteiger partial charge in [-0.1, -0.05) is 20.8 Å². The SMILES string of the molecule is Cn1cc(NC(=O)c2ccc3nc(C(C)(C)C)cn3n2)cn1. The molecule has 114 valence electrons. The normalized spacial score (nSPS) is 11.8. The van der Waals surface area contributed by atoms with Gasteiger partial charge in [0.2, 0.25) is 0 Å². The van der Waals surface area contributed by atoms with Gasteiger partial charge < -0.3 is 5.32 Å². The van der Waals surface area contributed by atoms with Crippen LogP contribution < -0.4 is 5.32 Å². The highest BCUT2D eigenvalue weighted by atomic mass is 16.1. The van der Waals surface area contributed by atoms with E-state index in [1.54, 1.807) is 40.8 Å². The summed E-state index contributed by atoms with van der Waals surface area (Å²) in [5, 5.41) is 11.1. The molecule has 3 heterocycles. The van der Waals surface area contributed by atoms with Crippen LogP contribution >= 0.6 is 0 Å². The first-order chi connectivity index (χ1) is 10.3. The van der Waals surface area contributed by atoms with Crippen molar-refractivity contribution < 1.29 is 4.79 Å². The molecule has 0 aliphatic rings. The molecule has 0 aliphatic heterocycles. The van der Waals surface area contributed by atoms with Gasteiger partial charge in [-0.2, -0.15) is 10.2 Å². The lowest BCUT2D eigenvalue weighted by Gasteiger charge is -2.13. The summed E-state index contributed by atoms with van der Waals surface area (Å²) < 4.78 is 3.26. The average Bonchev–Trinajstić information content (AvgIpc) is 3.03. The molecule has 0 aliphatic carbocycles. The highest BCUT2D eigenvalue weighted by Gasteiger charge is 2.18. The second-order valence-electron chi connectivity index (χ2n) is 6.25. The smallest absolute Gasteiger partial charge is 0.276 e. The molecule has 3 aromatic heterocycles. The van der Waals surface area contributed by atoms with Gasteiger partial charge in [0.15, 0.2) is 5.65 Å². The van der Waals surface area contributed by atoms with E-state index < -0.39 is 0 Å². The Morgan fingerprint density at radius 1 is 1.23 bits per heavy atom. The summed E-state index contributed by atoms with van der Waals surface area (Å²) in [6.45, 7) is 6.26. The standard InChI is InChI=1S/C15H18N6O/c1-15(2,3)12-9-21-13(18-12)6-5-11(19-21)14(22)17-10-7-16-20(4)8-10/h5-9H,1-4H3,(H,17,22). The fourth-order valence-electron chi connectivity index (χ4n) is 2.05. The van der Waals surface area contributed by atoms with E-state index in [1.165, 1.54) is 0 Å². The van der Waals surface area contributed by atoms with Crippen molar-refractivity contribution in [3.63, 3.8) is 0 Å². The van der Waals surface area contributed by atoms with E-state index in [9.17, 15) is 4.79 Å². The Bertz CT molecular complexity index is 839. The van der Waals surface area contributed by atoms with Crippen molar-refractivity contribution in [2.24, 2.45) is 7.05 Å². The maximum atomic E-state index is 12.2. The van der Waals surface area contributed by atoms with Crippen LogP contribution in [0.25, 0.3) is 5.65 Å². The number of aryl methyl sites for hydroxylation is 1. The number of aromatic nitrogens is 5. The van der Waals surface area contributed by atoms with Crippen LogP contribution in [0.1, 0.15) is 37.0 Å². The van der Waals surface area contributed by atoms with Gasteiger partial charge in [-0.3, -0.25) is 9.48 Å². The number of nitrogens with one attached hydrogen (secondary N) is 1. The molecule has 0 radical (unpaired) electrons. The highest BCUT2D eigenvalue weighted by Crippen LogP contribution is 2.21. The van der Waals surface area contributed by atoms with Gasteiger partial charge >= 0.3 is 0 Å². The van der Waals surface area contributed by atoms with E-state index in [0.29, 0.717) is 11.4 Å². The van der Waals surface area contributed by atoms with Crippen LogP contribution in [0.15, 0.2) is 30.7 Å². The first-order valence-corrected chi connectivity index (χ1v) is 7.00. The number of rotatable bonds is 2. The lowest BCUT2D eigenvalue weighted by atomic mass is 9.93. The molecule has 1 amide bonds. The Balaban J connectivity index is 1.89. The summed E-state index contributed by atoms with van der Waals surface area (Å²) in [6.07, 6.45) is 5.17. The van der Waals surface area contributed by atoms with Crippen molar-refractivity contribution in [2.75, 3.05) is 5.32 Å². The maximum Gasteiger partial charge on any atom is 0.276 e. The predicted octanol–water partition coefficient (Wildman–Crippen LogP) is 2.01. The van der Waals surface area contributed by atoms with Crippen molar-refractivity contribution in [2.45, 2.75) is 26.2 Å². The van der Waals surface area contributed by atoms with Crippen LogP contribution in [0.4, 0.5) is 5.69 Å². The van der Waals surface area contributed by atoms with E-state index in [0.717, 1.165) is 11.3 Å². The van der Waals surface area contributed by atoms with Crippen LogP contribution in [-0.2, 0) is 12.5 Å². The Labute approximate surface area is 128 Å². The minimum Gasteiger partial charge on any atom is -0.318 e. The third-order valence-electron chi connectivity index (χ3n) is 3.28. The molecule has 0 unspecified atom stereocenters. The lowest BCUT2D eigenvalue weighted by molar-refractivity contribution is 0.102. The monoisotopic (exact) mass is 298 g/mol. The summed E-state index contributed by atoms with van der Waals surface area (Å²) in [4.78, 5) is 16.8. The first-order valence-electron chi connectivity index (χ1n) is 7.00. The zero-order chi connectivity index (χ0) is 15.9. The average molecular weight is 298 g/mol. The van der Waals surface area contributed by atoms with Crippen LogP contribution in [0, 0.1) is 0 Å². The fraction of sp³-hybridized carbons (Fsp3) is 0.333. The van der Waals surface area contributed by atoms with Gasteiger partial charge in [-0.25, -0.2) is 9.50 Å². The van der Waals surface area contributed by atoms with Gasteiger partial charge in [-0.05, 0) is 12.1 Å². The summed E-state index contributed by atoms with van der Waals surface area (Å²) in [7, 11) is 1.79. The van der Waals surface area contributed by atoms with Gasteiger partial charge in [0, 0.05) is 18.7 Å². The molecule has 22 heavy (non-hydrogen) atoms. The van der Waals surface area contributed by atoms with E-state index in [2.05, 4.69) is 41.3 Å². The molecule has 0 spiro atoms. The minimum absolute atomic E-state index is 0.0637. The zero-order valence-electron chi connectivity index (χ0n) is 13.0. The van der Waals surface area contributed by atoms with Gasteiger partial charge in [0.1, 0.15) is 5.69 Å². The number of hydrogen-bond donors (Lipinski definition) is 1. The Hall–Kier alpha value is -2.70. The second kappa shape index (κ2) is 4.94. The van der Waals surface area contributed by atoms with Gasteiger partial charge in [-0.15, -0.1) is 0 Å². The fourth-order valence-corrected chi connectivity index (χ4v) is 2.05. The number of fused-ring (bicyclic) bond motifs is 1. The van der Waals surface area contributed by atoms with E-state index in [-0.39, 0.29) is 11.3 Å². The van der Waals surface area contributed by atoms with Crippen LogP contribution in [0.5, 0.6) is 0 Å². The largest absolute Gasteiger partial charge is 0.318 e. The third kappa shape index (κ3) is 2.69. The lowest BCUT2D eigenvalue weighted by Crippen LogP contribution is -2.14. The molecule has 3 rings (SSSR count). The van der Waals surface area contributed by atoms with Crippen molar-refractivity contribution in [1.29, 1.82) is 0 Å². The number of imidazole rings is 1. The van der Waals surface area contributed by atoms with E-state index in [1.807, 2.05) is 6.20 Å². The molecular weight excluding hydrogens is 280 g/mol. The van der Waals surface area contributed by atoms with Crippen molar-refractivity contribution in [3.05, 3.63) is 42.1 Å². The predicted molar refractivity (Wildman–Crippen MR) is 82.8 cm³/mol. The van der Waals surface area contributed by atoms with Crippen LogP contribution in [0.3, 0.4) is 0 Å². The maximum absolute atomic E-state index is 12.2. The summed E-state index contributed by atoms with van der Waals surface area (Å²) in [6, 6.07) is 3.46. The minimum atomic E-state index is -0.277. The first kappa shape index (κ1) is 14.2. The van der Waals surface area contributed by atoms with Gasteiger partial charge in [0.05, 0.1) is 23.8 Å². The van der Waals surface area contributed by atoms with Crippen molar-refractivity contribution in [3.8, 4) is 0 Å². The molecule has 7 nitrogen and oxygen atoms in total. The summed E-state index contributed by atoms with van der Waals surface area (Å²) in [5.41, 5.74) is 2.56. The topological polar surface area (TPSA) is 77.1 Å². The molecule has 1 N–H and O–H groups in total. The molecular formula is C15H18N6O. The number of carbonyl (C=O) groups is 1. The number of hydrogen-bond acceptors (Lipinski definition) is 4. The summed E-state index contributed by atoms with van der Waals surface area (Å²) >= 11 is 0. The Kier molecular flexibility index (Phi) is 3.20. The Morgan fingerprint density at radius 2 is 2.00 bits per heavy atom. The number of carbonyl (C=O) groups excluding carboxylic acids is 1. The van der Waals surface area contributed by atoms with E-state index in [4.69, 9.17) is 0 Å². The van der Waals surface area contributed by atoms with E-state index >= 15 is 0 Å². The Morgan fingerprint density at radius 3 is 2.64 bits per heavy atom. The molecule has 7 heteroatoms. The molecule has 0 saturated carbocycles. The van der Waals surface area contributed by atoms with Gasteiger partial charge in [0.25, 0.3) is 5.91 Å². The molecule has 0 saturated heterocycles. The molecule has 0 aromatic carbocycles. The van der Waals surface area contributed by atoms with Crippen LogP contribution in [0.2, 0.25) is 0 Å². The molecule has 3 aromatic rings. The third-order valence-corrected chi connectivity index (χ3v) is 3.28. The quantitative estimate of drug-likeness (QED) is 0.785. The molecule has 0 atom stereocenters.